The highest BCUT2D eigenvalue weighted by Crippen LogP contribution is 2.23. The van der Waals surface area contributed by atoms with Crippen molar-refractivity contribution >= 4 is 40.4 Å². The number of carbonyl (C=O) groups excluding carboxylic acids is 2. The lowest BCUT2D eigenvalue weighted by Gasteiger charge is -2.18. The number of anilines is 1. The van der Waals surface area contributed by atoms with E-state index < -0.39 is 0 Å². The summed E-state index contributed by atoms with van der Waals surface area (Å²) in [6.07, 6.45) is 2.21. The number of benzene rings is 1. The van der Waals surface area contributed by atoms with E-state index in [9.17, 15) is 14.4 Å². The average Bonchev–Trinajstić information content (AvgIpc) is 3.34. The number of nitrogens with one attached hydrogen (secondary N) is 2. The average molecular weight is 457 g/mol. The number of hydrogen-bond donors (Lipinski definition) is 2. The van der Waals surface area contributed by atoms with Gasteiger partial charge < -0.3 is 10.6 Å². The van der Waals surface area contributed by atoms with Gasteiger partial charge in [-0.3, -0.25) is 23.9 Å². The first-order valence-electron chi connectivity index (χ1n) is 9.76. The van der Waals surface area contributed by atoms with E-state index in [1.54, 1.807) is 54.7 Å². The summed E-state index contributed by atoms with van der Waals surface area (Å²) in [5.74, 6) is -0.314. The van der Waals surface area contributed by atoms with Crippen LogP contribution in [0.4, 0.5) is 5.69 Å². The van der Waals surface area contributed by atoms with Gasteiger partial charge >= 0.3 is 0 Å². The Hall–Kier alpha value is -2.94. The highest BCUT2D eigenvalue weighted by atomic mass is 35.5. The highest BCUT2D eigenvalue weighted by Gasteiger charge is 2.35. The molecule has 0 aliphatic carbocycles. The Balaban J connectivity index is 1.36. The molecular formula is C22H21ClN4O3S. The van der Waals surface area contributed by atoms with Gasteiger partial charge in [0.15, 0.2) is 0 Å². The highest BCUT2D eigenvalue weighted by molar-refractivity contribution is 7.18. The second-order valence-corrected chi connectivity index (χ2v) is 9.13. The van der Waals surface area contributed by atoms with Gasteiger partial charge in [0, 0.05) is 36.2 Å². The topological polar surface area (TPSA) is 83.4 Å². The van der Waals surface area contributed by atoms with Crippen molar-refractivity contribution in [3.63, 3.8) is 0 Å². The number of thiophene rings is 1. The van der Waals surface area contributed by atoms with Crippen LogP contribution in [0.1, 0.15) is 16.1 Å². The zero-order valence-corrected chi connectivity index (χ0v) is 18.3. The van der Waals surface area contributed by atoms with Gasteiger partial charge in [-0.2, -0.15) is 0 Å². The van der Waals surface area contributed by atoms with Gasteiger partial charge in [-0.1, -0.05) is 17.7 Å². The largest absolute Gasteiger partial charge is 0.347 e. The molecule has 3 aromatic rings. The molecule has 1 aliphatic rings. The van der Waals surface area contributed by atoms with Gasteiger partial charge in [0.2, 0.25) is 5.91 Å². The van der Waals surface area contributed by atoms with Crippen molar-refractivity contribution in [3.05, 3.63) is 80.4 Å². The second-order valence-electron chi connectivity index (χ2n) is 7.41. The van der Waals surface area contributed by atoms with Gasteiger partial charge in [-0.15, -0.1) is 11.3 Å². The zero-order valence-electron chi connectivity index (χ0n) is 16.7. The molecule has 2 amide bonds. The lowest BCUT2D eigenvalue weighted by Crippen LogP contribution is -2.37. The molecular weight excluding hydrogens is 436 g/mol. The Morgan fingerprint density at radius 1 is 1.10 bits per heavy atom. The fourth-order valence-electron chi connectivity index (χ4n) is 3.68. The summed E-state index contributed by atoms with van der Waals surface area (Å²) in [4.78, 5) is 39.6. The molecule has 1 saturated heterocycles. The van der Waals surface area contributed by atoms with Crippen molar-refractivity contribution in [2.24, 2.45) is 0 Å². The molecule has 31 heavy (non-hydrogen) atoms. The summed E-state index contributed by atoms with van der Waals surface area (Å²) >= 11 is 7.13. The minimum atomic E-state index is -0.353. The van der Waals surface area contributed by atoms with Gasteiger partial charge in [-0.05, 0) is 55.9 Å². The first-order valence-corrected chi connectivity index (χ1v) is 11.0. The fraction of sp³-hybridized carbons (Fsp3) is 0.227. The molecule has 2 N–H and O–H groups in total. The Labute approximate surface area is 188 Å². The van der Waals surface area contributed by atoms with Crippen LogP contribution in [0, 0.1) is 0 Å². The smallest absolute Gasteiger partial charge is 0.261 e. The number of rotatable bonds is 5. The van der Waals surface area contributed by atoms with E-state index in [4.69, 9.17) is 11.6 Å². The molecule has 1 fully saturated rings. The maximum atomic E-state index is 12.8. The van der Waals surface area contributed by atoms with Crippen LogP contribution in [-0.4, -0.2) is 47.0 Å². The lowest BCUT2D eigenvalue weighted by molar-refractivity contribution is -0.119. The molecule has 160 valence electrons. The molecule has 4 rings (SSSR count). The molecule has 1 aliphatic heterocycles. The summed E-state index contributed by atoms with van der Waals surface area (Å²) in [6, 6.07) is 15.0. The minimum Gasteiger partial charge on any atom is -0.347 e. The summed E-state index contributed by atoms with van der Waals surface area (Å²) in [6.45, 7) is 0.582. The summed E-state index contributed by atoms with van der Waals surface area (Å²) in [5, 5.41) is 5.90. The molecule has 0 radical (unpaired) electrons. The van der Waals surface area contributed by atoms with E-state index >= 15 is 0 Å². The van der Waals surface area contributed by atoms with E-state index in [-0.39, 0.29) is 29.5 Å². The van der Waals surface area contributed by atoms with Gasteiger partial charge in [0.1, 0.15) is 0 Å². The van der Waals surface area contributed by atoms with Crippen LogP contribution in [0.2, 0.25) is 4.34 Å². The number of nitrogens with zero attached hydrogens (tertiary/aromatic N) is 2. The van der Waals surface area contributed by atoms with E-state index in [1.165, 1.54) is 22.0 Å². The van der Waals surface area contributed by atoms with E-state index in [0.29, 0.717) is 27.9 Å². The van der Waals surface area contributed by atoms with Crippen molar-refractivity contribution in [2.45, 2.75) is 18.5 Å². The number of halogens is 1. The molecule has 0 spiro atoms. The molecule has 0 bridgehead atoms. The number of carbonyl (C=O) groups is 2. The standard InChI is InChI=1S/C22H21ClN4O3S/c1-26-13-15(25-22(30)18-9-10-19(23)31-18)12-17(26)21(29)24-14-5-7-16(8-6-14)27-11-3-2-4-20(27)28/h2-11,15,17H,12-13H2,1H3,(H,24,29)(H,25,30)/t15-,17-/m0/s1. The third-order valence-electron chi connectivity index (χ3n) is 5.22. The van der Waals surface area contributed by atoms with Gasteiger partial charge in [-0.25, -0.2) is 0 Å². The Kier molecular flexibility index (Phi) is 6.22. The number of aromatic nitrogens is 1. The molecule has 3 heterocycles. The third kappa shape index (κ3) is 4.87. The third-order valence-corrected chi connectivity index (χ3v) is 6.45. The number of amides is 2. The molecule has 2 atom stereocenters. The Morgan fingerprint density at radius 2 is 1.87 bits per heavy atom. The molecule has 1 aromatic carbocycles. The normalized spacial score (nSPS) is 18.6. The quantitative estimate of drug-likeness (QED) is 0.618. The van der Waals surface area contributed by atoms with Crippen LogP contribution in [0.25, 0.3) is 5.69 Å². The number of likely N-dealkylation sites (N-methyl/N-ethyl adjacent to an activating group) is 1. The van der Waals surface area contributed by atoms with Crippen molar-refractivity contribution in [2.75, 3.05) is 18.9 Å². The molecule has 7 nitrogen and oxygen atoms in total. The number of pyridine rings is 1. The molecule has 2 aromatic heterocycles. The lowest BCUT2D eigenvalue weighted by atomic mass is 10.1. The van der Waals surface area contributed by atoms with Crippen molar-refractivity contribution < 1.29 is 9.59 Å². The fourth-order valence-corrected chi connectivity index (χ4v) is 4.62. The maximum Gasteiger partial charge on any atom is 0.261 e. The number of hydrogen-bond acceptors (Lipinski definition) is 5. The molecule has 9 heteroatoms. The summed E-state index contributed by atoms with van der Waals surface area (Å²) in [5.41, 5.74) is 1.25. The first-order chi connectivity index (χ1) is 14.9. The second kappa shape index (κ2) is 9.05. The SMILES string of the molecule is CN1C[C@@H](NC(=O)c2ccc(Cl)s2)C[C@H]1C(=O)Nc1ccc(-n2ccccc2=O)cc1. The summed E-state index contributed by atoms with van der Waals surface area (Å²) < 4.78 is 2.10. The molecule has 0 unspecified atom stereocenters. The number of likely N-dealkylation sites (tertiary alicyclic amines) is 1. The summed E-state index contributed by atoms with van der Waals surface area (Å²) in [7, 11) is 1.86. The van der Waals surface area contributed by atoms with Crippen LogP contribution >= 0.6 is 22.9 Å². The van der Waals surface area contributed by atoms with Crippen molar-refractivity contribution in [1.29, 1.82) is 0 Å². The van der Waals surface area contributed by atoms with Crippen molar-refractivity contribution in [3.8, 4) is 5.69 Å². The first kappa shape index (κ1) is 21.3. The van der Waals surface area contributed by atoms with Crippen LogP contribution < -0.4 is 16.2 Å². The molecule has 0 saturated carbocycles. The van der Waals surface area contributed by atoms with E-state index in [1.807, 2.05) is 11.9 Å². The van der Waals surface area contributed by atoms with Crippen LogP contribution in [0.3, 0.4) is 0 Å². The van der Waals surface area contributed by atoms with Crippen LogP contribution in [-0.2, 0) is 4.79 Å². The predicted molar refractivity (Wildman–Crippen MR) is 122 cm³/mol. The predicted octanol–water partition coefficient (Wildman–Crippen LogP) is 2.99. The monoisotopic (exact) mass is 456 g/mol. The van der Waals surface area contributed by atoms with Crippen LogP contribution in [0.5, 0.6) is 0 Å². The Bertz CT molecular complexity index is 1160. The van der Waals surface area contributed by atoms with Gasteiger partial charge in [0.05, 0.1) is 15.3 Å². The van der Waals surface area contributed by atoms with Crippen molar-refractivity contribution in [1.82, 2.24) is 14.8 Å². The van der Waals surface area contributed by atoms with Crippen LogP contribution in [0.15, 0.2) is 65.6 Å². The van der Waals surface area contributed by atoms with E-state index in [2.05, 4.69) is 10.6 Å². The van der Waals surface area contributed by atoms with E-state index in [0.717, 1.165) is 5.69 Å². The van der Waals surface area contributed by atoms with Gasteiger partial charge in [0.25, 0.3) is 11.5 Å². The minimum absolute atomic E-state index is 0.121. The Morgan fingerprint density at radius 3 is 2.55 bits per heavy atom. The maximum absolute atomic E-state index is 12.8. The zero-order chi connectivity index (χ0) is 22.0.